The van der Waals surface area contributed by atoms with E-state index in [9.17, 15) is 0 Å². The third kappa shape index (κ3) is 7.02. The maximum atomic E-state index is 5.24. The van der Waals surface area contributed by atoms with E-state index in [1.165, 1.54) is 12.8 Å². The van der Waals surface area contributed by atoms with Gasteiger partial charge in [-0.1, -0.05) is 20.3 Å². The highest BCUT2D eigenvalue weighted by Crippen LogP contribution is 2.06. The topological polar surface area (TPSA) is 24.5 Å². The minimum Gasteiger partial charge on any atom is -0.383 e. The molecule has 3 unspecified atom stereocenters. The molecule has 0 spiro atoms. The molecule has 1 N–H and O–H groups in total. The van der Waals surface area contributed by atoms with Crippen molar-refractivity contribution in [2.24, 2.45) is 0 Å². The summed E-state index contributed by atoms with van der Waals surface area (Å²) < 4.78 is 5.24. The minimum absolute atomic E-state index is 0.489. The highest BCUT2D eigenvalue weighted by Gasteiger charge is 2.18. The Kier molecular flexibility index (Phi) is 9.79. The van der Waals surface area contributed by atoms with E-state index in [0.717, 1.165) is 19.7 Å². The summed E-state index contributed by atoms with van der Waals surface area (Å²) >= 11 is 0. The van der Waals surface area contributed by atoms with Crippen LogP contribution in [0.5, 0.6) is 0 Å². The third-order valence-corrected chi connectivity index (χ3v) is 3.39. The summed E-state index contributed by atoms with van der Waals surface area (Å²) in [7, 11) is 1.77. The van der Waals surface area contributed by atoms with Gasteiger partial charge in [0.15, 0.2) is 0 Å². The lowest BCUT2D eigenvalue weighted by Gasteiger charge is -2.34. The summed E-state index contributed by atoms with van der Waals surface area (Å²) in [6.07, 6.45) is 2.51. The molecule has 0 aromatic carbocycles. The maximum Gasteiger partial charge on any atom is 0.0615 e. The van der Waals surface area contributed by atoms with Crippen LogP contribution in [0, 0.1) is 0 Å². The molecule has 0 aliphatic carbocycles. The second-order valence-corrected chi connectivity index (χ2v) is 5.08. The van der Waals surface area contributed by atoms with Crippen molar-refractivity contribution >= 4 is 0 Å². The molecule has 0 saturated carbocycles. The summed E-state index contributed by atoms with van der Waals surface area (Å²) in [4.78, 5) is 2.50. The number of hydrogen-bond donors (Lipinski definition) is 1. The zero-order valence-corrected chi connectivity index (χ0v) is 12.6. The van der Waals surface area contributed by atoms with E-state index in [1.807, 2.05) is 0 Å². The average Bonchev–Trinajstić information content (AvgIpc) is 2.28. The van der Waals surface area contributed by atoms with Crippen molar-refractivity contribution in [2.45, 2.75) is 65.6 Å². The monoisotopic (exact) mass is 244 g/mol. The molecule has 0 amide bonds. The van der Waals surface area contributed by atoms with Crippen molar-refractivity contribution in [3.8, 4) is 0 Å². The minimum atomic E-state index is 0.489. The summed E-state index contributed by atoms with van der Waals surface area (Å²) in [6.45, 7) is 14.2. The summed E-state index contributed by atoms with van der Waals surface area (Å²) in [5, 5.41) is 3.61. The molecule has 0 radical (unpaired) electrons. The van der Waals surface area contributed by atoms with Gasteiger partial charge in [-0.2, -0.15) is 0 Å². The van der Waals surface area contributed by atoms with Crippen molar-refractivity contribution in [3.63, 3.8) is 0 Å². The molecule has 3 nitrogen and oxygen atoms in total. The molecule has 0 aliphatic rings. The molecule has 0 aromatic heterocycles. The first-order valence-corrected chi connectivity index (χ1v) is 7.04. The second kappa shape index (κ2) is 9.86. The number of rotatable bonds is 10. The Hall–Kier alpha value is -0.120. The molecule has 3 heteroatoms. The van der Waals surface area contributed by atoms with E-state index in [0.29, 0.717) is 18.1 Å². The molecule has 0 rings (SSSR count). The number of hydrogen-bond acceptors (Lipinski definition) is 3. The second-order valence-electron chi connectivity index (χ2n) is 5.08. The van der Waals surface area contributed by atoms with E-state index < -0.39 is 0 Å². The smallest absolute Gasteiger partial charge is 0.0615 e. The van der Waals surface area contributed by atoms with Crippen molar-refractivity contribution in [1.82, 2.24) is 10.2 Å². The van der Waals surface area contributed by atoms with Crippen LogP contribution in [0.1, 0.15) is 47.5 Å². The molecule has 0 fully saturated rings. The number of nitrogens with zero attached hydrogens (tertiary/aromatic N) is 1. The van der Waals surface area contributed by atoms with Gasteiger partial charge in [0, 0.05) is 31.8 Å². The molecular formula is C14H32N2O. The fourth-order valence-electron chi connectivity index (χ4n) is 2.42. The highest BCUT2D eigenvalue weighted by molar-refractivity contribution is 4.75. The number of likely N-dealkylation sites (N-methyl/N-ethyl adjacent to an activating group) is 1. The first-order valence-electron chi connectivity index (χ1n) is 7.04. The lowest BCUT2D eigenvalue weighted by molar-refractivity contribution is 0.0772. The standard InChI is InChI=1S/C14H32N2O/c1-7-9-12(3)15-10-13(4)16(8-2)14(5)11-17-6/h12-15H,7-11H2,1-6H3. The molecule has 0 aromatic rings. The van der Waals surface area contributed by atoms with Gasteiger partial charge in [-0.25, -0.2) is 0 Å². The first kappa shape index (κ1) is 16.9. The van der Waals surface area contributed by atoms with E-state index >= 15 is 0 Å². The van der Waals surface area contributed by atoms with E-state index in [-0.39, 0.29) is 0 Å². The van der Waals surface area contributed by atoms with Crippen molar-refractivity contribution in [3.05, 3.63) is 0 Å². The van der Waals surface area contributed by atoms with Gasteiger partial charge in [-0.15, -0.1) is 0 Å². The predicted molar refractivity (Wildman–Crippen MR) is 75.6 cm³/mol. The summed E-state index contributed by atoms with van der Waals surface area (Å²) in [5.74, 6) is 0. The van der Waals surface area contributed by atoms with Crippen molar-refractivity contribution < 1.29 is 4.74 Å². The first-order chi connectivity index (χ1) is 8.06. The van der Waals surface area contributed by atoms with Crippen molar-refractivity contribution in [1.29, 1.82) is 0 Å². The molecule has 0 heterocycles. The fourth-order valence-corrected chi connectivity index (χ4v) is 2.42. The summed E-state index contributed by atoms with van der Waals surface area (Å²) in [6, 6.07) is 1.67. The Morgan fingerprint density at radius 1 is 1.12 bits per heavy atom. The van der Waals surface area contributed by atoms with Gasteiger partial charge >= 0.3 is 0 Å². The van der Waals surface area contributed by atoms with Crippen LogP contribution in [0.15, 0.2) is 0 Å². The van der Waals surface area contributed by atoms with Crippen LogP contribution >= 0.6 is 0 Å². The Balaban J connectivity index is 4.02. The Labute approximate surface area is 108 Å². The molecular weight excluding hydrogens is 212 g/mol. The number of ether oxygens (including phenoxy) is 1. The number of nitrogens with one attached hydrogen (secondary N) is 1. The van der Waals surface area contributed by atoms with Crippen LogP contribution in [0.3, 0.4) is 0 Å². The maximum absolute atomic E-state index is 5.24. The molecule has 3 atom stereocenters. The van der Waals surface area contributed by atoms with E-state index in [2.05, 4.69) is 44.8 Å². The van der Waals surface area contributed by atoms with Crippen LogP contribution in [-0.2, 0) is 4.74 Å². The lowest BCUT2D eigenvalue weighted by Crippen LogP contribution is -2.48. The average molecular weight is 244 g/mol. The van der Waals surface area contributed by atoms with Gasteiger partial charge in [0.1, 0.15) is 0 Å². The van der Waals surface area contributed by atoms with Gasteiger partial charge in [0.2, 0.25) is 0 Å². The SMILES string of the molecule is CCCC(C)NCC(C)N(CC)C(C)COC. The zero-order valence-electron chi connectivity index (χ0n) is 12.6. The Morgan fingerprint density at radius 2 is 1.76 bits per heavy atom. The Morgan fingerprint density at radius 3 is 2.24 bits per heavy atom. The van der Waals surface area contributed by atoms with E-state index in [1.54, 1.807) is 7.11 Å². The van der Waals surface area contributed by atoms with Gasteiger partial charge in [-0.3, -0.25) is 4.90 Å². The van der Waals surface area contributed by atoms with Gasteiger partial charge in [0.25, 0.3) is 0 Å². The highest BCUT2D eigenvalue weighted by atomic mass is 16.5. The molecule has 0 saturated heterocycles. The molecule has 0 aliphatic heterocycles. The van der Waals surface area contributed by atoms with Crippen LogP contribution < -0.4 is 5.32 Å². The lowest BCUT2D eigenvalue weighted by atomic mass is 10.1. The quantitative estimate of drug-likeness (QED) is 0.639. The predicted octanol–water partition coefficient (Wildman–Crippen LogP) is 2.51. The zero-order chi connectivity index (χ0) is 13.3. The van der Waals surface area contributed by atoms with Crippen LogP contribution in [0.4, 0.5) is 0 Å². The number of methoxy groups -OCH3 is 1. The van der Waals surface area contributed by atoms with Crippen molar-refractivity contribution in [2.75, 3.05) is 26.8 Å². The molecule has 104 valence electrons. The fraction of sp³-hybridized carbons (Fsp3) is 1.00. The normalized spacial score (nSPS) is 17.1. The van der Waals surface area contributed by atoms with Crippen LogP contribution in [0.2, 0.25) is 0 Å². The largest absolute Gasteiger partial charge is 0.383 e. The van der Waals surface area contributed by atoms with Gasteiger partial charge < -0.3 is 10.1 Å². The molecule has 0 bridgehead atoms. The summed E-state index contributed by atoms with van der Waals surface area (Å²) in [5.41, 5.74) is 0. The van der Waals surface area contributed by atoms with Crippen LogP contribution in [-0.4, -0.2) is 49.8 Å². The Bertz CT molecular complexity index is 176. The van der Waals surface area contributed by atoms with E-state index in [4.69, 9.17) is 4.74 Å². The van der Waals surface area contributed by atoms with Gasteiger partial charge in [-0.05, 0) is 33.7 Å². The molecule has 17 heavy (non-hydrogen) atoms. The van der Waals surface area contributed by atoms with Crippen LogP contribution in [0.25, 0.3) is 0 Å². The van der Waals surface area contributed by atoms with Gasteiger partial charge in [0.05, 0.1) is 6.61 Å². The third-order valence-electron chi connectivity index (χ3n) is 3.39.